The standard InChI is InChI=1S/C22H19ClN8O/c1-3-24-21(32)14-7-6-13(12-5-4-10-25-19(12)14)20-28-22(31(2)30-20)27-17-9-8-16-15(18(17)23)11-26-29-16/h4-11H,3H2,1-2H3,(H,24,32)(H,26,29)(H,27,28,30). The molecule has 0 radical (unpaired) electrons. The van der Waals surface area contributed by atoms with Crippen LogP contribution in [-0.2, 0) is 7.05 Å². The molecule has 5 rings (SSSR count). The Morgan fingerprint density at radius 3 is 2.91 bits per heavy atom. The number of aryl methyl sites for hydroxylation is 1. The van der Waals surface area contributed by atoms with E-state index in [9.17, 15) is 4.79 Å². The van der Waals surface area contributed by atoms with E-state index in [2.05, 4.69) is 35.9 Å². The van der Waals surface area contributed by atoms with Crippen LogP contribution in [0.1, 0.15) is 17.3 Å². The van der Waals surface area contributed by atoms with Crippen LogP contribution in [0.25, 0.3) is 33.2 Å². The molecule has 0 fully saturated rings. The van der Waals surface area contributed by atoms with E-state index < -0.39 is 0 Å². The number of benzene rings is 2. The molecule has 3 heterocycles. The number of aromatic nitrogens is 6. The summed E-state index contributed by atoms with van der Waals surface area (Å²) in [5.74, 6) is 0.869. The Morgan fingerprint density at radius 2 is 2.06 bits per heavy atom. The lowest BCUT2D eigenvalue weighted by atomic mass is 10.0. The second kappa shape index (κ2) is 7.93. The summed E-state index contributed by atoms with van der Waals surface area (Å²) < 4.78 is 1.64. The van der Waals surface area contributed by atoms with Gasteiger partial charge in [0.05, 0.1) is 33.5 Å². The van der Waals surface area contributed by atoms with Gasteiger partial charge in [0.15, 0.2) is 5.82 Å². The number of halogens is 1. The molecule has 9 nitrogen and oxygen atoms in total. The van der Waals surface area contributed by atoms with Gasteiger partial charge < -0.3 is 10.6 Å². The van der Waals surface area contributed by atoms with Crippen molar-refractivity contribution in [2.24, 2.45) is 7.05 Å². The summed E-state index contributed by atoms with van der Waals surface area (Å²) in [6.07, 6.45) is 3.35. The first-order chi connectivity index (χ1) is 15.6. The maximum Gasteiger partial charge on any atom is 0.253 e. The minimum absolute atomic E-state index is 0.164. The monoisotopic (exact) mass is 446 g/mol. The highest BCUT2D eigenvalue weighted by atomic mass is 35.5. The maximum absolute atomic E-state index is 12.5. The number of amides is 1. The highest BCUT2D eigenvalue weighted by molar-refractivity contribution is 6.38. The molecule has 0 aliphatic heterocycles. The molecule has 2 aromatic carbocycles. The normalized spacial score (nSPS) is 11.2. The Balaban J connectivity index is 1.55. The van der Waals surface area contributed by atoms with E-state index in [0.717, 1.165) is 21.9 Å². The second-order valence-electron chi connectivity index (χ2n) is 7.19. The molecule has 160 valence electrons. The third-order valence-electron chi connectivity index (χ3n) is 5.16. The number of fused-ring (bicyclic) bond motifs is 2. The number of anilines is 2. The molecule has 32 heavy (non-hydrogen) atoms. The van der Waals surface area contributed by atoms with Gasteiger partial charge in [-0.15, -0.1) is 5.10 Å². The predicted molar refractivity (Wildman–Crippen MR) is 124 cm³/mol. The summed E-state index contributed by atoms with van der Waals surface area (Å²) in [4.78, 5) is 21.6. The zero-order valence-electron chi connectivity index (χ0n) is 17.3. The molecule has 3 N–H and O–H groups in total. The Hall–Kier alpha value is -3.98. The third kappa shape index (κ3) is 3.32. The first kappa shape index (κ1) is 20.0. The number of nitrogens with one attached hydrogen (secondary N) is 3. The van der Waals surface area contributed by atoms with Gasteiger partial charge in [0.25, 0.3) is 5.91 Å². The zero-order valence-corrected chi connectivity index (χ0v) is 18.1. The number of H-pyrrole nitrogens is 1. The summed E-state index contributed by atoms with van der Waals surface area (Å²) in [5, 5.41) is 19.7. The van der Waals surface area contributed by atoms with E-state index in [1.165, 1.54) is 0 Å². The van der Waals surface area contributed by atoms with Gasteiger partial charge in [-0.25, -0.2) is 4.68 Å². The van der Waals surface area contributed by atoms with Crippen LogP contribution in [0.3, 0.4) is 0 Å². The molecule has 0 unspecified atom stereocenters. The van der Waals surface area contributed by atoms with Crippen molar-refractivity contribution in [3.8, 4) is 11.4 Å². The molecule has 5 aromatic rings. The molecule has 3 aromatic heterocycles. The van der Waals surface area contributed by atoms with E-state index in [0.29, 0.717) is 40.1 Å². The molecule has 1 amide bonds. The van der Waals surface area contributed by atoms with Crippen LogP contribution in [0.5, 0.6) is 0 Å². The molecular weight excluding hydrogens is 428 g/mol. The fraction of sp³-hybridized carbons (Fsp3) is 0.136. The van der Waals surface area contributed by atoms with Crippen LogP contribution in [0.4, 0.5) is 11.6 Å². The van der Waals surface area contributed by atoms with E-state index in [1.807, 2.05) is 37.3 Å². The molecule has 0 spiro atoms. The fourth-order valence-electron chi connectivity index (χ4n) is 3.61. The van der Waals surface area contributed by atoms with Gasteiger partial charge in [0, 0.05) is 36.1 Å². The number of nitrogens with zero attached hydrogens (tertiary/aromatic N) is 5. The SMILES string of the molecule is CCNC(=O)c1ccc(-c2nc(Nc3ccc4[nH]ncc4c3Cl)n(C)n2)c2cccnc12. The molecule has 0 aliphatic carbocycles. The first-order valence-corrected chi connectivity index (χ1v) is 10.4. The van der Waals surface area contributed by atoms with Crippen molar-refractivity contribution in [1.82, 2.24) is 35.3 Å². The molecule has 0 bridgehead atoms. The third-order valence-corrected chi connectivity index (χ3v) is 5.57. The maximum atomic E-state index is 12.5. The van der Waals surface area contributed by atoms with Gasteiger partial charge in [0.1, 0.15) is 0 Å². The van der Waals surface area contributed by atoms with Crippen LogP contribution >= 0.6 is 11.6 Å². The van der Waals surface area contributed by atoms with Crippen molar-refractivity contribution >= 4 is 50.9 Å². The van der Waals surface area contributed by atoms with Crippen molar-refractivity contribution in [2.75, 3.05) is 11.9 Å². The number of hydrogen-bond acceptors (Lipinski definition) is 6. The average molecular weight is 447 g/mol. The van der Waals surface area contributed by atoms with E-state index in [4.69, 9.17) is 11.6 Å². The van der Waals surface area contributed by atoms with E-state index in [1.54, 1.807) is 30.2 Å². The fourth-order valence-corrected chi connectivity index (χ4v) is 3.87. The van der Waals surface area contributed by atoms with Gasteiger partial charge >= 0.3 is 0 Å². The van der Waals surface area contributed by atoms with Gasteiger partial charge in [-0.1, -0.05) is 17.7 Å². The van der Waals surface area contributed by atoms with E-state index in [-0.39, 0.29) is 5.91 Å². The number of hydrogen-bond donors (Lipinski definition) is 3. The number of pyridine rings is 1. The first-order valence-electron chi connectivity index (χ1n) is 10.0. The highest BCUT2D eigenvalue weighted by Crippen LogP contribution is 2.33. The minimum Gasteiger partial charge on any atom is -0.352 e. The van der Waals surface area contributed by atoms with Crippen LogP contribution in [0.2, 0.25) is 5.02 Å². The summed E-state index contributed by atoms with van der Waals surface area (Å²) in [6.45, 7) is 2.42. The van der Waals surface area contributed by atoms with Gasteiger partial charge in [-0.2, -0.15) is 10.1 Å². The molecule has 0 atom stereocenters. The summed E-state index contributed by atoms with van der Waals surface area (Å²) in [6, 6.07) is 11.1. The average Bonchev–Trinajstić information content (AvgIpc) is 3.42. The molecule has 10 heteroatoms. The van der Waals surface area contributed by atoms with Crippen LogP contribution in [0, 0.1) is 0 Å². The summed E-state index contributed by atoms with van der Waals surface area (Å²) >= 11 is 6.53. The number of carbonyl (C=O) groups is 1. The highest BCUT2D eigenvalue weighted by Gasteiger charge is 2.18. The van der Waals surface area contributed by atoms with Crippen molar-refractivity contribution in [2.45, 2.75) is 6.92 Å². The van der Waals surface area contributed by atoms with Crippen molar-refractivity contribution < 1.29 is 4.79 Å². The zero-order chi connectivity index (χ0) is 22.2. The van der Waals surface area contributed by atoms with Crippen LogP contribution in [-0.4, -0.2) is 42.4 Å². The predicted octanol–water partition coefficient (Wildman–Crippen LogP) is 4.05. The van der Waals surface area contributed by atoms with Crippen molar-refractivity contribution in [1.29, 1.82) is 0 Å². The van der Waals surface area contributed by atoms with Gasteiger partial charge in [-0.05, 0) is 37.3 Å². The number of carbonyl (C=O) groups excluding carboxylic acids is 1. The topological polar surface area (TPSA) is 113 Å². The Kier molecular flexibility index (Phi) is 4.95. The van der Waals surface area contributed by atoms with Crippen LogP contribution < -0.4 is 10.6 Å². The largest absolute Gasteiger partial charge is 0.352 e. The number of aromatic amines is 1. The lowest BCUT2D eigenvalue weighted by Gasteiger charge is -2.08. The molecule has 0 aliphatic rings. The van der Waals surface area contributed by atoms with Crippen molar-refractivity contribution in [3.63, 3.8) is 0 Å². The van der Waals surface area contributed by atoms with Gasteiger partial charge in [0.2, 0.25) is 5.95 Å². The lowest BCUT2D eigenvalue weighted by Crippen LogP contribution is -2.23. The summed E-state index contributed by atoms with van der Waals surface area (Å²) in [7, 11) is 1.80. The molecule has 0 saturated carbocycles. The van der Waals surface area contributed by atoms with E-state index >= 15 is 0 Å². The second-order valence-corrected chi connectivity index (χ2v) is 7.56. The quantitative estimate of drug-likeness (QED) is 0.375. The summed E-state index contributed by atoms with van der Waals surface area (Å²) in [5.41, 5.74) is 3.44. The molecular formula is C22H19ClN8O. The Bertz CT molecular complexity index is 1470. The molecule has 0 saturated heterocycles. The van der Waals surface area contributed by atoms with Crippen molar-refractivity contribution in [3.05, 3.63) is 59.4 Å². The number of rotatable bonds is 5. The smallest absolute Gasteiger partial charge is 0.253 e. The van der Waals surface area contributed by atoms with Crippen LogP contribution in [0.15, 0.2) is 48.8 Å². The Morgan fingerprint density at radius 1 is 1.19 bits per heavy atom. The minimum atomic E-state index is -0.164. The lowest BCUT2D eigenvalue weighted by molar-refractivity contribution is 0.0957. The Labute approximate surface area is 187 Å². The van der Waals surface area contributed by atoms with Gasteiger partial charge in [-0.3, -0.25) is 14.9 Å².